The summed E-state index contributed by atoms with van der Waals surface area (Å²) in [6, 6.07) is 8.81. The fourth-order valence-electron chi connectivity index (χ4n) is 5.94. The van der Waals surface area contributed by atoms with Crippen LogP contribution in [0.4, 0.5) is 13.2 Å². The molecule has 226 valence electrons. The van der Waals surface area contributed by atoms with Crippen LogP contribution in [0.1, 0.15) is 64.4 Å². The predicted octanol–water partition coefficient (Wildman–Crippen LogP) is 4.07. The van der Waals surface area contributed by atoms with E-state index in [2.05, 4.69) is 42.9 Å². The van der Waals surface area contributed by atoms with Crippen LogP contribution in [0.25, 0.3) is 5.69 Å². The normalized spacial score (nSPS) is 18.6. The molecule has 0 radical (unpaired) electrons. The lowest BCUT2D eigenvalue weighted by Gasteiger charge is -2.38. The molecule has 1 fully saturated rings. The Bertz CT molecular complexity index is 1560. The fourth-order valence-corrected chi connectivity index (χ4v) is 5.94. The van der Waals surface area contributed by atoms with E-state index in [1.54, 1.807) is 9.80 Å². The molecule has 1 atom stereocenters. The molecular weight excluding hydrogens is 561 g/mol. The van der Waals surface area contributed by atoms with E-state index in [-0.39, 0.29) is 24.6 Å². The molecule has 2 aromatic heterocycles. The first-order valence-corrected chi connectivity index (χ1v) is 14.4. The lowest BCUT2D eigenvalue weighted by molar-refractivity contribution is -0.143. The van der Waals surface area contributed by atoms with Crippen LogP contribution in [0, 0.1) is 0 Å². The number of aromatic nitrogens is 3. The minimum Gasteiger partial charge on any atom is -0.485 e. The van der Waals surface area contributed by atoms with Crippen LogP contribution in [-0.2, 0) is 23.8 Å². The molecule has 1 N–H and O–H groups in total. The molecule has 2 amide bonds. The SMILES string of the molecule is C=CC(=O)N1CCc2nn(-c3ccc(C(C)C)cc3)c3c2C(C1)N(C(=O)c1cnc(C(F)(F)F)c(OC2CNC2)c1)CC3. The van der Waals surface area contributed by atoms with Crippen molar-refractivity contribution < 1.29 is 27.5 Å². The second kappa shape index (κ2) is 11.1. The number of nitrogens with one attached hydrogen (secondary N) is 1. The number of hydrogen-bond donors (Lipinski definition) is 1. The zero-order valence-corrected chi connectivity index (χ0v) is 24.0. The fraction of sp³-hybridized carbons (Fsp3) is 0.419. The maximum atomic E-state index is 14.0. The molecule has 0 saturated carbocycles. The summed E-state index contributed by atoms with van der Waals surface area (Å²) in [6.07, 6.45) is -2.00. The van der Waals surface area contributed by atoms with E-state index in [0.717, 1.165) is 34.9 Å². The highest BCUT2D eigenvalue weighted by Gasteiger charge is 2.42. The van der Waals surface area contributed by atoms with Crippen molar-refractivity contribution in [3.63, 3.8) is 0 Å². The Labute approximate surface area is 247 Å². The summed E-state index contributed by atoms with van der Waals surface area (Å²) < 4.78 is 48.7. The first kappa shape index (κ1) is 28.9. The number of hydrogen-bond acceptors (Lipinski definition) is 6. The summed E-state index contributed by atoms with van der Waals surface area (Å²) in [5.41, 5.74) is 3.57. The number of rotatable bonds is 6. The molecule has 1 unspecified atom stereocenters. The van der Waals surface area contributed by atoms with Crippen molar-refractivity contribution in [2.75, 3.05) is 32.7 Å². The van der Waals surface area contributed by atoms with Gasteiger partial charge in [0.15, 0.2) is 11.4 Å². The number of carbonyl (C=O) groups excluding carboxylic acids is 2. The molecule has 3 aliphatic heterocycles. The molecule has 0 aliphatic carbocycles. The van der Waals surface area contributed by atoms with E-state index < -0.39 is 35.7 Å². The molecule has 0 bridgehead atoms. The van der Waals surface area contributed by atoms with Gasteiger partial charge in [-0.1, -0.05) is 32.6 Å². The number of carbonyl (C=O) groups is 2. The molecule has 43 heavy (non-hydrogen) atoms. The van der Waals surface area contributed by atoms with Crippen molar-refractivity contribution in [2.24, 2.45) is 0 Å². The molecule has 6 rings (SSSR count). The smallest absolute Gasteiger partial charge is 0.437 e. The van der Waals surface area contributed by atoms with Crippen molar-refractivity contribution in [2.45, 2.75) is 50.9 Å². The van der Waals surface area contributed by atoms with Crippen LogP contribution < -0.4 is 10.1 Å². The Morgan fingerprint density at radius 2 is 1.88 bits per heavy atom. The van der Waals surface area contributed by atoms with E-state index in [4.69, 9.17) is 9.84 Å². The summed E-state index contributed by atoms with van der Waals surface area (Å²) in [5, 5.41) is 7.92. The first-order valence-electron chi connectivity index (χ1n) is 14.4. The summed E-state index contributed by atoms with van der Waals surface area (Å²) >= 11 is 0. The van der Waals surface area contributed by atoms with E-state index in [1.165, 1.54) is 11.6 Å². The van der Waals surface area contributed by atoms with Gasteiger partial charge in [-0.05, 0) is 35.8 Å². The lowest BCUT2D eigenvalue weighted by Crippen LogP contribution is -2.50. The van der Waals surface area contributed by atoms with Gasteiger partial charge >= 0.3 is 6.18 Å². The molecule has 1 saturated heterocycles. The Hall–Kier alpha value is -4.19. The Balaban J connectivity index is 1.38. The molecule has 12 heteroatoms. The van der Waals surface area contributed by atoms with E-state index >= 15 is 0 Å². The lowest BCUT2D eigenvalue weighted by atomic mass is 9.94. The number of halogens is 3. The molecule has 1 aromatic carbocycles. The van der Waals surface area contributed by atoms with Crippen molar-refractivity contribution in [1.82, 2.24) is 29.9 Å². The minimum atomic E-state index is -4.74. The second-order valence-electron chi connectivity index (χ2n) is 11.4. The van der Waals surface area contributed by atoms with Gasteiger partial charge in [-0.3, -0.25) is 9.59 Å². The van der Waals surface area contributed by atoms with Crippen molar-refractivity contribution in [3.8, 4) is 11.4 Å². The summed E-state index contributed by atoms with van der Waals surface area (Å²) in [7, 11) is 0. The zero-order valence-electron chi connectivity index (χ0n) is 24.0. The first-order chi connectivity index (χ1) is 20.5. The molecule has 3 aromatic rings. The van der Waals surface area contributed by atoms with Gasteiger partial charge in [0.2, 0.25) is 5.91 Å². The minimum absolute atomic E-state index is 0.0113. The van der Waals surface area contributed by atoms with Crippen LogP contribution in [0.2, 0.25) is 0 Å². The number of ether oxygens (including phenoxy) is 1. The maximum Gasteiger partial charge on any atom is 0.437 e. The van der Waals surface area contributed by atoms with Gasteiger partial charge in [0.05, 0.1) is 28.7 Å². The van der Waals surface area contributed by atoms with Gasteiger partial charge in [-0.25, -0.2) is 9.67 Å². The predicted molar refractivity (Wildman–Crippen MR) is 152 cm³/mol. The third-order valence-corrected chi connectivity index (χ3v) is 8.37. The van der Waals surface area contributed by atoms with Gasteiger partial charge in [0.25, 0.3) is 5.91 Å². The molecule has 5 heterocycles. The largest absolute Gasteiger partial charge is 0.485 e. The quantitative estimate of drug-likeness (QED) is 0.433. The van der Waals surface area contributed by atoms with Gasteiger partial charge in [-0.2, -0.15) is 18.3 Å². The van der Waals surface area contributed by atoms with Crippen molar-refractivity contribution in [1.29, 1.82) is 0 Å². The molecular formula is C31H33F3N6O3. The van der Waals surface area contributed by atoms with Gasteiger partial charge in [-0.15, -0.1) is 0 Å². The summed E-state index contributed by atoms with van der Waals surface area (Å²) in [5.74, 6) is -0.829. The topological polar surface area (TPSA) is 92.6 Å². The van der Waals surface area contributed by atoms with E-state index in [1.807, 2.05) is 16.8 Å². The van der Waals surface area contributed by atoms with Gasteiger partial charge < -0.3 is 19.9 Å². The van der Waals surface area contributed by atoms with Crippen molar-refractivity contribution >= 4 is 11.8 Å². The van der Waals surface area contributed by atoms with Crippen LogP contribution in [0.15, 0.2) is 49.2 Å². The monoisotopic (exact) mass is 594 g/mol. The highest BCUT2D eigenvalue weighted by atomic mass is 19.4. The van der Waals surface area contributed by atoms with Gasteiger partial charge in [0, 0.05) is 57.3 Å². The third kappa shape index (κ3) is 5.39. The molecule has 0 spiro atoms. The zero-order chi connectivity index (χ0) is 30.5. The Morgan fingerprint density at radius 3 is 2.51 bits per heavy atom. The number of alkyl halides is 3. The maximum absolute atomic E-state index is 14.0. The number of pyridine rings is 1. The average Bonchev–Trinajstić information content (AvgIpc) is 3.23. The van der Waals surface area contributed by atoms with Gasteiger partial charge in [0.1, 0.15) is 6.10 Å². The van der Waals surface area contributed by atoms with E-state index in [9.17, 15) is 22.8 Å². The standard InChI is InChI=1S/C31H33F3N6O3/c1-4-27(41)38-11-9-23-28-24(40(37-23)21-7-5-19(6-8-21)18(2)3)10-12-39(25(28)17-38)30(42)20-13-26(43-22-15-35-16-22)29(36-14-20)31(32,33)34/h4-8,13-14,18,22,25,35H,1,9-12,15-17H2,2-3H3. The Kier molecular flexibility index (Phi) is 7.49. The molecule has 3 aliphatic rings. The Morgan fingerprint density at radius 1 is 1.14 bits per heavy atom. The highest BCUT2D eigenvalue weighted by Crippen LogP contribution is 2.39. The van der Waals surface area contributed by atoms with Crippen LogP contribution in [0.3, 0.4) is 0 Å². The number of amides is 2. The van der Waals surface area contributed by atoms with Crippen molar-refractivity contribution in [3.05, 3.63) is 83.0 Å². The van der Waals surface area contributed by atoms with Crippen LogP contribution in [0.5, 0.6) is 5.75 Å². The molecule has 9 nitrogen and oxygen atoms in total. The number of benzene rings is 1. The average molecular weight is 595 g/mol. The second-order valence-corrected chi connectivity index (χ2v) is 11.4. The number of nitrogens with zero attached hydrogens (tertiary/aromatic N) is 5. The van der Waals surface area contributed by atoms with Crippen LogP contribution in [-0.4, -0.2) is 75.2 Å². The van der Waals surface area contributed by atoms with E-state index in [0.29, 0.717) is 38.4 Å². The van der Waals surface area contributed by atoms with Crippen LogP contribution >= 0.6 is 0 Å². The summed E-state index contributed by atoms with van der Waals surface area (Å²) in [6.45, 7) is 9.59. The highest BCUT2D eigenvalue weighted by molar-refractivity contribution is 5.95. The third-order valence-electron chi connectivity index (χ3n) is 8.37. The summed E-state index contributed by atoms with van der Waals surface area (Å²) in [4.78, 5) is 33.6.